The number of benzene rings is 1. The van der Waals surface area contributed by atoms with Gasteiger partial charge in [0, 0.05) is 5.69 Å². The minimum Gasteiger partial charge on any atom is -0.480 e. The number of rotatable bonds is 5. The molecule has 3 N–H and O–H groups in total. The zero-order valence-electron chi connectivity index (χ0n) is 10.2. The highest BCUT2D eigenvalue weighted by Gasteiger charge is 2.11. The maximum absolute atomic E-state index is 11.4. The first kappa shape index (κ1) is 14.0. The molecule has 1 rings (SSSR count). The minimum absolute atomic E-state index is 0.0766. The smallest absolute Gasteiger partial charge is 0.337 e. The number of carboxylic acids is 1. The monoisotopic (exact) mass is 253 g/mol. The van der Waals surface area contributed by atoms with Crippen molar-refractivity contribution in [2.24, 2.45) is 0 Å². The summed E-state index contributed by atoms with van der Waals surface area (Å²) in [6.45, 7) is 1.45. The highest BCUT2D eigenvalue weighted by atomic mass is 16.5. The van der Waals surface area contributed by atoms with Crippen molar-refractivity contribution in [1.82, 2.24) is 0 Å². The molecule has 0 saturated carbocycles. The van der Waals surface area contributed by atoms with E-state index in [-0.39, 0.29) is 6.61 Å². The molecular weight excluding hydrogens is 238 g/mol. The second-order valence-corrected chi connectivity index (χ2v) is 3.73. The van der Waals surface area contributed by atoms with Crippen LogP contribution in [0.5, 0.6) is 0 Å². The number of ether oxygens (including phenoxy) is 2. The molecule has 0 spiro atoms. The fourth-order valence-electron chi connectivity index (χ4n) is 1.43. The molecule has 0 amide bonds. The third-order valence-electron chi connectivity index (χ3n) is 2.46. The number of nitrogens with two attached hydrogens (primary N) is 1. The lowest BCUT2D eigenvalue weighted by atomic mass is 10.0. The zero-order valence-corrected chi connectivity index (χ0v) is 10.2. The van der Waals surface area contributed by atoms with Crippen LogP contribution >= 0.6 is 0 Å². The van der Waals surface area contributed by atoms with E-state index in [4.69, 9.17) is 15.6 Å². The Morgan fingerprint density at radius 2 is 2.06 bits per heavy atom. The highest BCUT2D eigenvalue weighted by molar-refractivity contribution is 5.91. The van der Waals surface area contributed by atoms with Crippen molar-refractivity contribution >= 4 is 17.6 Å². The zero-order chi connectivity index (χ0) is 13.7. The first-order valence-corrected chi connectivity index (χ1v) is 5.22. The van der Waals surface area contributed by atoms with Crippen molar-refractivity contribution in [3.8, 4) is 0 Å². The minimum atomic E-state index is -1.05. The topological polar surface area (TPSA) is 98.9 Å². The van der Waals surface area contributed by atoms with Crippen LogP contribution < -0.4 is 5.73 Å². The van der Waals surface area contributed by atoms with E-state index in [1.807, 2.05) is 0 Å². The van der Waals surface area contributed by atoms with Gasteiger partial charge in [0.1, 0.15) is 6.61 Å². The molecule has 0 aliphatic heterocycles. The molecule has 0 atom stereocenters. The van der Waals surface area contributed by atoms with E-state index in [2.05, 4.69) is 4.74 Å². The van der Waals surface area contributed by atoms with Crippen LogP contribution in [-0.4, -0.2) is 30.8 Å². The Labute approximate surface area is 104 Å². The average molecular weight is 253 g/mol. The van der Waals surface area contributed by atoms with E-state index < -0.39 is 18.5 Å². The van der Waals surface area contributed by atoms with Gasteiger partial charge in [0.25, 0.3) is 0 Å². The number of carbonyl (C=O) groups excluding carboxylic acids is 1. The van der Waals surface area contributed by atoms with Gasteiger partial charge < -0.3 is 20.3 Å². The summed E-state index contributed by atoms with van der Waals surface area (Å²) in [7, 11) is 1.28. The number of hydrogen-bond donors (Lipinski definition) is 2. The number of methoxy groups -OCH3 is 1. The summed E-state index contributed by atoms with van der Waals surface area (Å²) in [5.74, 6) is -1.55. The molecule has 0 radical (unpaired) electrons. The van der Waals surface area contributed by atoms with Crippen molar-refractivity contribution in [3.05, 3.63) is 28.8 Å². The van der Waals surface area contributed by atoms with Crippen molar-refractivity contribution in [2.75, 3.05) is 19.5 Å². The standard InChI is InChI=1S/C12H15NO5/c1-7-9(5-18-6-11(14)15)3-8(4-10(7)13)12(16)17-2/h3-4H,5-6,13H2,1-2H3,(H,14,15). The predicted molar refractivity (Wildman–Crippen MR) is 64.2 cm³/mol. The number of carbonyl (C=O) groups is 2. The molecule has 98 valence electrons. The molecule has 1 aromatic rings. The second kappa shape index (κ2) is 6.02. The lowest BCUT2D eigenvalue weighted by Gasteiger charge is -2.11. The maximum Gasteiger partial charge on any atom is 0.337 e. The van der Waals surface area contributed by atoms with Gasteiger partial charge in [0.05, 0.1) is 19.3 Å². The first-order chi connectivity index (χ1) is 8.45. The van der Waals surface area contributed by atoms with E-state index >= 15 is 0 Å². The van der Waals surface area contributed by atoms with Crippen LogP contribution in [0.15, 0.2) is 12.1 Å². The molecule has 0 saturated heterocycles. The summed E-state index contributed by atoms with van der Waals surface area (Å²) >= 11 is 0. The molecule has 18 heavy (non-hydrogen) atoms. The lowest BCUT2D eigenvalue weighted by Crippen LogP contribution is -2.10. The molecular formula is C12H15NO5. The van der Waals surface area contributed by atoms with Gasteiger partial charge in [0.2, 0.25) is 0 Å². The fraction of sp³-hybridized carbons (Fsp3) is 0.333. The van der Waals surface area contributed by atoms with Crippen LogP contribution in [0.3, 0.4) is 0 Å². The van der Waals surface area contributed by atoms with Crippen LogP contribution in [0.2, 0.25) is 0 Å². The Kier molecular flexibility index (Phi) is 4.67. The molecule has 6 nitrogen and oxygen atoms in total. The molecule has 0 unspecified atom stereocenters. The summed E-state index contributed by atoms with van der Waals surface area (Å²) in [6, 6.07) is 3.10. The number of aliphatic carboxylic acids is 1. The van der Waals surface area contributed by atoms with Crippen LogP contribution in [0.4, 0.5) is 5.69 Å². The predicted octanol–water partition coefficient (Wildman–Crippen LogP) is 0.965. The van der Waals surface area contributed by atoms with Crippen LogP contribution in [-0.2, 0) is 20.9 Å². The van der Waals surface area contributed by atoms with Crippen LogP contribution in [0.1, 0.15) is 21.5 Å². The van der Waals surface area contributed by atoms with Gasteiger partial charge in [-0.1, -0.05) is 0 Å². The van der Waals surface area contributed by atoms with E-state index in [0.717, 1.165) is 5.56 Å². The summed E-state index contributed by atoms with van der Waals surface area (Å²) in [5.41, 5.74) is 7.94. The summed E-state index contributed by atoms with van der Waals surface area (Å²) in [5, 5.41) is 8.47. The molecule has 0 heterocycles. The van der Waals surface area contributed by atoms with Gasteiger partial charge in [-0.2, -0.15) is 0 Å². The van der Waals surface area contributed by atoms with E-state index in [0.29, 0.717) is 16.8 Å². The normalized spacial score (nSPS) is 10.1. The van der Waals surface area contributed by atoms with E-state index in [1.54, 1.807) is 13.0 Å². The van der Waals surface area contributed by atoms with Gasteiger partial charge in [-0.15, -0.1) is 0 Å². The van der Waals surface area contributed by atoms with Crippen molar-refractivity contribution < 1.29 is 24.2 Å². The summed E-state index contributed by atoms with van der Waals surface area (Å²) in [6.07, 6.45) is 0. The number of carboxylic acid groups (broad SMARTS) is 1. The molecule has 1 aromatic carbocycles. The van der Waals surface area contributed by atoms with Crippen molar-refractivity contribution in [2.45, 2.75) is 13.5 Å². The number of anilines is 1. The Hall–Kier alpha value is -2.08. The van der Waals surface area contributed by atoms with Gasteiger partial charge >= 0.3 is 11.9 Å². The van der Waals surface area contributed by atoms with Crippen molar-refractivity contribution in [1.29, 1.82) is 0 Å². The number of hydrogen-bond acceptors (Lipinski definition) is 5. The second-order valence-electron chi connectivity index (χ2n) is 3.73. The summed E-state index contributed by atoms with van der Waals surface area (Å²) < 4.78 is 9.58. The third-order valence-corrected chi connectivity index (χ3v) is 2.46. The first-order valence-electron chi connectivity index (χ1n) is 5.22. The molecule has 6 heteroatoms. The van der Waals surface area contributed by atoms with Crippen molar-refractivity contribution in [3.63, 3.8) is 0 Å². The Morgan fingerprint density at radius 1 is 1.39 bits per heavy atom. The van der Waals surface area contributed by atoms with Gasteiger partial charge in [-0.25, -0.2) is 9.59 Å². The fourth-order valence-corrected chi connectivity index (χ4v) is 1.43. The van der Waals surface area contributed by atoms with Crippen LogP contribution in [0.25, 0.3) is 0 Å². The lowest BCUT2D eigenvalue weighted by molar-refractivity contribution is -0.142. The van der Waals surface area contributed by atoms with E-state index in [1.165, 1.54) is 13.2 Å². The summed E-state index contributed by atoms with van der Waals surface area (Å²) in [4.78, 5) is 21.7. The highest BCUT2D eigenvalue weighted by Crippen LogP contribution is 2.20. The maximum atomic E-state index is 11.4. The molecule has 0 fully saturated rings. The van der Waals surface area contributed by atoms with E-state index in [9.17, 15) is 9.59 Å². The molecule has 0 aromatic heterocycles. The molecule has 0 aliphatic carbocycles. The van der Waals surface area contributed by atoms with Gasteiger partial charge in [0.15, 0.2) is 0 Å². The van der Waals surface area contributed by atoms with Crippen LogP contribution in [0, 0.1) is 6.92 Å². The van der Waals surface area contributed by atoms with Gasteiger partial charge in [-0.3, -0.25) is 0 Å². The Morgan fingerprint density at radius 3 is 2.61 bits per heavy atom. The van der Waals surface area contributed by atoms with Gasteiger partial charge in [-0.05, 0) is 30.2 Å². The number of esters is 1. The number of nitrogen functional groups attached to an aromatic ring is 1. The average Bonchev–Trinajstić information content (AvgIpc) is 2.32. The Bertz CT molecular complexity index is 470. The Balaban J connectivity index is 2.92. The largest absolute Gasteiger partial charge is 0.480 e. The third kappa shape index (κ3) is 3.46. The molecule has 0 aliphatic rings. The SMILES string of the molecule is COC(=O)c1cc(N)c(C)c(COCC(=O)O)c1. The quantitative estimate of drug-likeness (QED) is 0.599. The molecule has 0 bridgehead atoms.